The number of fused-ring (bicyclic) bond motifs is 1. The lowest BCUT2D eigenvalue weighted by atomic mass is 10.0. The molecule has 0 radical (unpaired) electrons. The van der Waals surface area contributed by atoms with Gasteiger partial charge in [-0.25, -0.2) is 4.39 Å². The first kappa shape index (κ1) is 17.1. The minimum absolute atomic E-state index is 0.238. The maximum atomic E-state index is 13.1. The van der Waals surface area contributed by atoms with Crippen LogP contribution in [0.2, 0.25) is 0 Å². The predicted octanol–water partition coefficient (Wildman–Crippen LogP) is 6.17. The van der Waals surface area contributed by atoms with E-state index < -0.39 is 0 Å². The van der Waals surface area contributed by atoms with Crippen molar-refractivity contribution in [2.45, 2.75) is 13.2 Å². The Labute approximate surface area is 158 Å². The van der Waals surface area contributed by atoms with Gasteiger partial charge in [-0.15, -0.1) is 0 Å². The van der Waals surface area contributed by atoms with Crippen molar-refractivity contribution in [1.82, 2.24) is 0 Å². The fourth-order valence-electron chi connectivity index (χ4n) is 3.13. The van der Waals surface area contributed by atoms with Crippen LogP contribution in [0.25, 0.3) is 10.8 Å². The second kappa shape index (κ2) is 7.92. The molecule has 0 unspecified atom stereocenters. The van der Waals surface area contributed by atoms with Crippen LogP contribution in [0.5, 0.6) is 5.75 Å². The lowest BCUT2D eigenvalue weighted by molar-refractivity contribution is 0.304. The molecule has 134 valence electrons. The van der Waals surface area contributed by atoms with Crippen LogP contribution >= 0.6 is 0 Å². The highest BCUT2D eigenvalue weighted by molar-refractivity contribution is 5.88. The van der Waals surface area contributed by atoms with Crippen molar-refractivity contribution in [3.05, 3.63) is 108 Å². The largest absolute Gasteiger partial charge is 0.489 e. The summed E-state index contributed by atoms with van der Waals surface area (Å²) in [5.74, 6) is 0.616. The van der Waals surface area contributed by atoms with Crippen LogP contribution in [0, 0.1) is 5.82 Å². The normalized spacial score (nSPS) is 10.7. The van der Waals surface area contributed by atoms with Crippen molar-refractivity contribution >= 4 is 16.5 Å². The summed E-state index contributed by atoms with van der Waals surface area (Å²) in [6, 6.07) is 28.9. The highest BCUT2D eigenvalue weighted by atomic mass is 19.1. The third-order valence-electron chi connectivity index (χ3n) is 4.55. The summed E-state index contributed by atoms with van der Waals surface area (Å²) in [5, 5.41) is 5.69. The fourth-order valence-corrected chi connectivity index (χ4v) is 3.13. The van der Waals surface area contributed by atoms with E-state index in [1.54, 1.807) is 12.1 Å². The van der Waals surface area contributed by atoms with Crippen molar-refractivity contribution in [2.75, 3.05) is 5.32 Å². The Bertz CT molecular complexity index is 1030. The standard InChI is InChI=1S/C24H20FNO/c25-20-11-13-21(14-12-20)26-16-23-22-9-5-4-8-19(22)10-15-24(23)27-17-18-6-2-1-3-7-18/h1-15,26H,16-17H2. The summed E-state index contributed by atoms with van der Waals surface area (Å²) in [7, 11) is 0. The molecule has 0 bridgehead atoms. The second-order valence-corrected chi connectivity index (χ2v) is 6.40. The smallest absolute Gasteiger partial charge is 0.125 e. The summed E-state index contributed by atoms with van der Waals surface area (Å²) in [6.45, 7) is 1.11. The number of halogens is 1. The van der Waals surface area contributed by atoms with Gasteiger partial charge in [0.1, 0.15) is 18.2 Å². The lowest BCUT2D eigenvalue weighted by Crippen LogP contribution is -2.04. The van der Waals surface area contributed by atoms with Gasteiger partial charge >= 0.3 is 0 Å². The van der Waals surface area contributed by atoms with Crippen molar-refractivity contribution < 1.29 is 9.13 Å². The topological polar surface area (TPSA) is 21.3 Å². The molecule has 0 amide bonds. The highest BCUT2D eigenvalue weighted by Crippen LogP contribution is 2.29. The third-order valence-corrected chi connectivity index (χ3v) is 4.55. The van der Waals surface area contributed by atoms with Gasteiger partial charge in [0.25, 0.3) is 0 Å². The molecule has 0 aliphatic heterocycles. The zero-order valence-corrected chi connectivity index (χ0v) is 14.9. The highest BCUT2D eigenvalue weighted by Gasteiger charge is 2.09. The molecule has 27 heavy (non-hydrogen) atoms. The van der Waals surface area contributed by atoms with Gasteiger partial charge in [-0.2, -0.15) is 0 Å². The molecule has 2 nitrogen and oxygen atoms in total. The van der Waals surface area contributed by atoms with Crippen molar-refractivity contribution in [3.63, 3.8) is 0 Å². The Morgan fingerprint density at radius 1 is 0.741 bits per heavy atom. The van der Waals surface area contributed by atoms with Gasteiger partial charge in [0.05, 0.1) is 0 Å². The molecule has 0 spiro atoms. The summed E-state index contributed by atoms with van der Waals surface area (Å²) in [6.07, 6.45) is 0. The van der Waals surface area contributed by atoms with E-state index >= 15 is 0 Å². The van der Waals surface area contributed by atoms with Gasteiger partial charge in [0, 0.05) is 17.8 Å². The van der Waals surface area contributed by atoms with Gasteiger partial charge in [-0.3, -0.25) is 0 Å². The van der Waals surface area contributed by atoms with Crippen LogP contribution in [-0.4, -0.2) is 0 Å². The van der Waals surface area contributed by atoms with Crippen LogP contribution in [0.3, 0.4) is 0 Å². The molecule has 1 N–H and O–H groups in total. The molecule has 4 rings (SSSR count). The van der Waals surface area contributed by atoms with Gasteiger partial charge in [-0.05, 0) is 46.7 Å². The van der Waals surface area contributed by atoms with Gasteiger partial charge in [-0.1, -0.05) is 60.7 Å². The Morgan fingerprint density at radius 2 is 1.48 bits per heavy atom. The molecule has 0 atom stereocenters. The quantitative estimate of drug-likeness (QED) is 0.445. The van der Waals surface area contributed by atoms with Crippen molar-refractivity contribution in [1.29, 1.82) is 0 Å². The molecular formula is C24H20FNO. The zero-order chi connectivity index (χ0) is 18.5. The average Bonchev–Trinajstić information content (AvgIpc) is 2.73. The van der Waals surface area contributed by atoms with E-state index in [0.717, 1.165) is 28.0 Å². The Balaban J connectivity index is 1.61. The molecule has 3 heteroatoms. The Hall–Kier alpha value is -3.33. The molecule has 0 aliphatic rings. The minimum Gasteiger partial charge on any atom is -0.489 e. The predicted molar refractivity (Wildman–Crippen MR) is 108 cm³/mol. The summed E-state index contributed by atoms with van der Waals surface area (Å²) < 4.78 is 19.3. The lowest BCUT2D eigenvalue weighted by Gasteiger charge is -2.16. The number of hydrogen-bond donors (Lipinski definition) is 1. The van der Waals surface area contributed by atoms with Gasteiger partial charge < -0.3 is 10.1 Å². The van der Waals surface area contributed by atoms with Crippen LogP contribution in [0.1, 0.15) is 11.1 Å². The molecule has 0 fully saturated rings. The van der Waals surface area contributed by atoms with E-state index in [2.05, 4.69) is 35.6 Å². The van der Waals surface area contributed by atoms with E-state index in [9.17, 15) is 4.39 Å². The maximum absolute atomic E-state index is 13.1. The van der Waals surface area contributed by atoms with Crippen LogP contribution < -0.4 is 10.1 Å². The average molecular weight is 357 g/mol. The van der Waals surface area contributed by atoms with Crippen molar-refractivity contribution in [3.8, 4) is 5.75 Å². The van der Waals surface area contributed by atoms with E-state index in [1.807, 2.05) is 36.4 Å². The van der Waals surface area contributed by atoms with E-state index in [-0.39, 0.29) is 5.82 Å². The SMILES string of the molecule is Fc1ccc(NCc2c(OCc3ccccc3)ccc3ccccc23)cc1. The van der Waals surface area contributed by atoms with Crippen molar-refractivity contribution in [2.24, 2.45) is 0 Å². The first-order valence-corrected chi connectivity index (χ1v) is 8.96. The third kappa shape index (κ3) is 4.09. The molecule has 0 aromatic heterocycles. The molecule has 0 saturated heterocycles. The molecule has 4 aromatic rings. The molecule has 4 aromatic carbocycles. The summed E-state index contributed by atoms with van der Waals surface area (Å²) in [4.78, 5) is 0. The van der Waals surface area contributed by atoms with Crippen LogP contribution in [0.15, 0.2) is 91.0 Å². The van der Waals surface area contributed by atoms with Crippen LogP contribution in [-0.2, 0) is 13.2 Å². The second-order valence-electron chi connectivity index (χ2n) is 6.40. The number of anilines is 1. The molecular weight excluding hydrogens is 337 g/mol. The van der Waals surface area contributed by atoms with Gasteiger partial charge in [0.2, 0.25) is 0 Å². The zero-order valence-electron chi connectivity index (χ0n) is 14.9. The number of nitrogens with one attached hydrogen (secondary N) is 1. The summed E-state index contributed by atoms with van der Waals surface area (Å²) in [5.41, 5.74) is 3.09. The summed E-state index contributed by atoms with van der Waals surface area (Å²) >= 11 is 0. The monoisotopic (exact) mass is 357 g/mol. The Morgan fingerprint density at radius 3 is 2.30 bits per heavy atom. The number of hydrogen-bond acceptors (Lipinski definition) is 2. The first-order valence-electron chi connectivity index (χ1n) is 8.96. The first-order chi connectivity index (χ1) is 13.3. The van der Waals surface area contributed by atoms with E-state index in [0.29, 0.717) is 13.2 Å². The Kier molecular flexibility index (Phi) is 5.01. The van der Waals surface area contributed by atoms with Gasteiger partial charge in [0.15, 0.2) is 0 Å². The number of benzene rings is 4. The molecule has 0 saturated carbocycles. The number of rotatable bonds is 6. The molecule has 0 heterocycles. The number of ether oxygens (including phenoxy) is 1. The fraction of sp³-hybridized carbons (Fsp3) is 0.0833. The van der Waals surface area contributed by atoms with E-state index in [4.69, 9.17) is 4.74 Å². The van der Waals surface area contributed by atoms with Crippen LogP contribution in [0.4, 0.5) is 10.1 Å². The maximum Gasteiger partial charge on any atom is 0.125 e. The van der Waals surface area contributed by atoms with E-state index in [1.165, 1.54) is 17.5 Å². The minimum atomic E-state index is -0.238. The molecule has 0 aliphatic carbocycles.